The van der Waals surface area contributed by atoms with Crippen molar-refractivity contribution in [1.29, 1.82) is 0 Å². The van der Waals surface area contributed by atoms with Crippen LogP contribution in [0.5, 0.6) is 5.75 Å². The highest BCUT2D eigenvalue weighted by Gasteiger charge is 2.12. The summed E-state index contributed by atoms with van der Waals surface area (Å²) in [6, 6.07) is 20.3. The van der Waals surface area contributed by atoms with Crippen LogP contribution in [0.25, 0.3) is 10.8 Å². The first kappa shape index (κ1) is 17.5. The van der Waals surface area contributed by atoms with Gasteiger partial charge in [0.15, 0.2) is 6.61 Å². The van der Waals surface area contributed by atoms with Crippen LogP contribution in [-0.2, 0) is 4.79 Å². The lowest BCUT2D eigenvalue weighted by molar-refractivity contribution is -0.123. The summed E-state index contributed by atoms with van der Waals surface area (Å²) in [5.41, 5.74) is 6.64. The van der Waals surface area contributed by atoms with E-state index in [-0.39, 0.29) is 18.6 Å². The molecule has 3 aromatic rings. The predicted molar refractivity (Wildman–Crippen MR) is 101 cm³/mol. The summed E-state index contributed by atoms with van der Waals surface area (Å²) in [5, 5.41) is 5.20. The van der Waals surface area contributed by atoms with E-state index in [9.17, 15) is 9.59 Å². The van der Waals surface area contributed by atoms with E-state index in [1.807, 2.05) is 49.4 Å². The number of carbonyl (C=O) groups excluding carboxylic acids is 2. The van der Waals surface area contributed by atoms with E-state index in [0.29, 0.717) is 11.3 Å². The summed E-state index contributed by atoms with van der Waals surface area (Å²) in [4.78, 5) is 23.2. The molecule has 3 rings (SSSR count). The Balaban J connectivity index is 1.61. The highest BCUT2D eigenvalue weighted by Crippen LogP contribution is 2.24. The Morgan fingerprint density at radius 2 is 1.69 bits per heavy atom. The van der Waals surface area contributed by atoms with Crippen molar-refractivity contribution in [3.8, 4) is 5.75 Å². The molecule has 0 bridgehead atoms. The Hall–Kier alpha value is -3.34. The molecule has 0 aromatic heterocycles. The quantitative estimate of drug-likeness (QED) is 0.718. The van der Waals surface area contributed by atoms with Gasteiger partial charge in [0.2, 0.25) is 5.91 Å². The van der Waals surface area contributed by atoms with Gasteiger partial charge in [0.05, 0.1) is 6.04 Å². The van der Waals surface area contributed by atoms with E-state index >= 15 is 0 Å². The molecule has 0 aliphatic rings. The van der Waals surface area contributed by atoms with E-state index in [4.69, 9.17) is 10.5 Å². The number of nitrogens with two attached hydrogens (primary N) is 1. The van der Waals surface area contributed by atoms with Gasteiger partial charge in [-0.25, -0.2) is 0 Å². The fourth-order valence-electron chi connectivity index (χ4n) is 2.85. The molecule has 3 N–H and O–H groups in total. The molecule has 132 valence electrons. The molecule has 0 aliphatic carbocycles. The van der Waals surface area contributed by atoms with E-state index in [2.05, 4.69) is 5.32 Å². The maximum atomic E-state index is 12.2. The number of rotatable bonds is 6. The summed E-state index contributed by atoms with van der Waals surface area (Å²) in [5.74, 6) is -0.217. The van der Waals surface area contributed by atoms with Gasteiger partial charge in [0, 0.05) is 5.56 Å². The van der Waals surface area contributed by atoms with Gasteiger partial charge in [-0.15, -0.1) is 0 Å². The largest absolute Gasteiger partial charge is 0.484 e. The lowest BCUT2D eigenvalue weighted by Crippen LogP contribution is -2.31. The van der Waals surface area contributed by atoms with Crippen LogP contribution in [0.15, 0.2) is 66.7 Å². The summed E-state index contributed by atoms with van der Waals surface area (Å²) < 4.78 is 5.46. The van der Waals surface area contributed by atoms with Crippen LogP contribution >= 0.6 is 0 Å². The highest BCUT2D eigenvalue weighted by molar-refractivity contribution is 5.92. The first-order valence-corrected chi connectivity index (χ1v) is 8.34. The zero-order chi connectivity index (χ0) is 18.5. The Labute approximate surface area is 151 Å². The number of fused-ring (bicyclic) bond motifs is 1. The molecule has 0 aliphatic heterocycles. The second-order valence-electron chi connectivity index (χ2n) is 6.03. The van der Waals surface area contributed by atoms with Gasteiger partial charge in [0.25, 0.3) is 5.91 Å². The maximum absolute atomic E-state index is 12.2. The molecular weight excluding hydrogens is 328 g/mol. The van der Waals surface area contributed by atoms with Crippen LogP contribution in [-0.4, -0.2) is 18.4 Å². The van der Waals surface area contributed by atoms with Crippen molar-refractivity contribution in [3.05, 3.63) is 77.9 Å². The zero-order valence-electron chi connectivity index (χ0n) is 14.4. The smallest absolute Gasteiger partial charge is 0.258 e. The SMILES string of the molecule is C[C@H](NC(=O)COc1ccc(C(N)=O)cc1)c1cccc2ccccc12. The number of benzene rings is 3. The molecule has 1 atom stereocenters. The first-order valence-electron chi connectivity index (χ1n) is 8.34. The molecule has 0 spiro atoms. The minimum atomic E-state index is -0.502. The van der Waals surface area contributed by atoms with Crippen molar-refractivity contribution in [2.75, 3.05) is 6.61 Å². The number of hydrogen-bond acceptors (Lipinski definition) is 3. The van der Waals surface area contributed by atoms with Gasteiger partial charge in [-0.1, -0.05) is 42.5 Å². The fraction of sp³-hybridized carbons (Fsp3) is 0.143. The molecular formula is C21H20N2O3. The van der Waals surface area contributed by atoms with Crippen molar-refractivity contribution in [3.63, 3.8) is 0 Å². The molecule has 0 fully saturated rings. The number of carbonyl (C=O) groups is 2. The van der Waals surface area contributed by atoms with E-state index in [1.165, 1.54) is 0 Å². The number of ether oxygens (including phenoxy) is 1. The molecule has 26 heavy (non-hydrogen) atoms. The Morgan fingerprint density at radius 1 is 1.00 bits per heavy atom. The van der Waals surface area contributed by atoms with Gasteiger partial charge in [-0.2, -0.15) is 0 Å². The molecule has 0 heterocycles. The number of hydrogen-bond donors (Lipinski definition) is 2. The molecule has 5 nitrogen and oxygen atoms in total. The molecule has 5 heteroatoms. The predicted octanol–water partition coefficient (Wildman–Crippen LogP) is 3.19. The zero-order valence-corrected chi connectivity index (χ0v) is 14.4. The third kappa shape index (κ3) is 4.00. The van der Waals surface area contributed by atoms with E-state index in [1.54, 1.807) is 24.3 Å². The summed E-state index contributed by atoms with van der Waals surface area (Å²) in [6.45, 7) is 1.84. The molecule has 0 unspecified atom stereocenters. The topological polar surface area (TPSA) is 81.4 Å². The van der Waals surface area contributed by atoms with Crippen molar-refractivity contribution in [1.82, 2.24) is 5.32 Å². The van der Waals surface area contributed by atoms with Crippen molar-refractivity contribution in [2.24, 2.45) is 5.73 Å². The van der Waals surface area contributed by atoms with Crippen LogP contribution < -0.4 is 15.8 Å². The summed E-state index contributed by atoms with van der Waals surface area (Å²) >= 11 is 0. The monoisotopic (exact) mass is 348 g/mol. The third-order valence-electron chi connectivity index (χ3n) is 4.18. The lowest BCUT2D eigenvalue weighted by Gasteiger charge is -2.17. The van der Waals surface area contributed by atoms with Crippen molar-refractivity contribution < 1.29 is 14.3 Å². The normalized spacial score (nSPS) is 11.7. The second-order valence-corrected chi connectivity index (χ2v) is 6.03. The highest BCUT2D eigenvalue weighted by atomic mass is 16.5. The van der Waals surface area contributed by atoms with Gasteiger partial charge in [-0.3, -0.25) is 9.59 Å². The molecule has 0 saturated heterocycles. The fourth-order valence-corrected chi connectivity index (χ4v) is 2.85. The average molecular weight is 348 g/mol. The van der Waals surface area contributed by atoms with Gasteiger partial charge < -0.3 is 15.8 Å². The standard InChI is InChI=1S/C21H20N2O3/c1-14(18-8-4-6-15-5-2-3-7-19(15)18)23-20(24)13-26-17-11-9-16(10-12-17)21(22)25/h2-12,14H,13H2,1H3,(H2,22,25)(H,23,24)/t14-/m0/s1. The van der Waals surface area contributed by atoms with E-state index < -0.39 is 5.91 Å². The first-order chi connectivity index (χ1) is 12.5. The minimum Gasteiger partial charge on any atom is -0.484 e. The average Bonchev–Trinajstić information content (AvgIpc) is 2.66. The van der Waals surface area contributed by atoms with Crippen LogP contribution in [0.2, 0.25) is 0 Å². The van der Waals surface area contributed by atoms with E-state index in [0.717, 1.165) is 16.3 Å². The Morgan fingerprint density at radius 3 is 2.42 bits per heavy atom. The number of amides is 2. The maximum Gasteiger partial charge on any atom is 0.258 e. The Kier molecular flexibility index (Phi) is 5.17. The summed E-state index contributed by atoms with van der Waals surface area (Å²) in [7, 11) is 0. The minimum absolute atomic E-state index is 0.106. The molecule has 3 aromatic carbocycles. The van der Waals surface area contributed by atoms with Crippen LogP contribution in [0.3, 0.4) is 0 Å². The molecule has 2 amide bonds. The Bertz CT molecular complexity index is 930. The second kappa shape index (κ2) is 7.70. The number of primary amides is 1. The lowest BCUT2D eigenvalue weighted by atomic mass is 10.00. The van der Waals surface area contributed by atoms with Gasteiger partial charge in [0.1, 0.15) is 5.75 Å². The van der Waals surface area contributed by atoms with Crippen LogP contribution in [0.4, 0.5) is 0 Å². The van der Waals surface area contributed by atoms with Crippen LogP contribution in [0, 0.1) is 0 Å². The summed E-state index contributed by atoms with van der Waals surface area (Å²) in [6.07, 6.45) is 0. The van der Waals surface area contributed by atoms with Crippen LogP contribution in [0.1, 0.15) is 28.9 Å². The molecule has 0 radical (unpaired) electrons. The van der Waals surface area contributed by atoms with Gasteiger partial charge in [-0.05, 0) is 47.5 Å². The third-order valence-corrected chi connectivity index (χ3v) is 4.18. The molecule has 0 saturated carbocycles. The number of nitrogens with one attached hydrogen (secondary N) is 1. The van der Waals surface area contributed by atoms with Crippen molar-refractivity contribution >= 4 is 22.6 Å². The van der Waals surface area contributed by atoms with Crippen molar-refractivity contribution in [2.45, 2.75) is 13.0 Å². The van der Waals surface area contributed by atoms with Gasteiger partial charge >= 0.3 is 0 Å².